The van der Waals surface area contributed by atoms with Gasteiger partial charge in [-0.1, -0.05) is 6.58 Å². The van der Waals surface area contributed by atoms with Crippen molar-refractivity contribution in [1.29, 1.82) is 0 Å². The van der Waals surface area contributed by atoms with E-state index in [-0.39, 0.29) is 5.78 Å². The van der Waals surface area contributed by atoms with Crippen molar-refractivity contribution >= 4 is 5.78 Å². The molecular weight excluding hydrogens is 176 g/mol. The first-order valence-corrected chi connectivity index (χ1v) is 5.23. The monoisotopic (exact) mass is 199 g/mol. The third kappa shape index (κ3) is 1.88. The molecule has 2 N–H and O–H groups in total. The molecule has 0 aromatic rings. The van der Waals surface area contributed by atoms with Crippen molar-refractivity contribution in [3.05, 3.63) is 12.7 Å². The van der Waals surface area contributed by atoms with E-state index in [9.17, 15) is 4.79 Å². The number of quaternary nitrogens is 1. The standard InChI is InChI=1S/C11H23N2O/c1-6-10(14)11(5,12)13(7-2,8-3)9-4/h6H,1,7-9,12H2,2-5H3/q+1. The molecule has 0 saturated heterocycles. The molecule has 0 aromatic carbocycles. The molecule has 1 atom stereocenters. The fourth-order valence-corrected chi connectivity index (χ4v) is 2.10. The van der Waals surface area contributed by atoms with Gasteiger partial charge in [-0.2, -0.15) is 0 Å². The second-order valence-corrected chi connectivity index (χ2v) is 3.81. The van der Waals surface area contributed by atoms with Crippen molar-refractivity contribution in [2.24, 2.45) is 5.73 Å². The summed E-state index contributed by atoms with van der Waals surface area (Å²) in [6, 6.07) is 0. The number of carbonyl (C=O) groups excluding carboxylic acids is 1. The lowest BCUT2D eigenvalue weighted by atomic mass is 10.0. The van der Waals surface area contributed by atoms with E-state index >= 15 is 0 Å². The Hall–Kier alpha value is -0.670. The Morgan fingerprint density at radius 2 is 1.71 bits per heavy atom. The lowest BCUT2D eigenvalue weighted by molar-refractivity contribution is -0.959. The zero-order valence-electron chi connectivity index (χ0n) is 9.84. The summed E-state index contributed by atoms with van der Waals surface area (Å²) >= 11 is 0. The van der Waals surface area contributed by atoms with Crippen molar-refractivity contribution in [2.45, 2.75) is 33.4 Å². The van der Waals surface area contributed by atoms with Crippen LogP contribution in [0, 0.1) is 0 Å². The van der Waals surface area contributed by atoms with Crippen molar-refractivity contribution in [3.8, 4) is 0 Å². The van der Waals surface area contributed by atoms with Gasteiger partial charge in [0, 0.05) is 6.92 Å². The highest BCUT2D eigenvalue weighted by molar-refractivity contribution is 5.95. The van der Waals surface area contributed by atoms with Crippen LogP contribution in [0.3, 0.4) is 0 Å². The van der Waals surface area contributed by atoms with E-state index in [1.165, 1.54) is 6.08 Å². The molecular formula is C11H23N2O+. The minimum absolute atomic E-state index is 0.0805. The van der Waals surface area contributed by atoms with Gasteiger partial charge in [0.15, 0.2) is 0 Å². The number of ketones is 1. The van der Waals surface area contributed by atoms with Crippen LogP contribution in [0.25, 0.3) is 0 Å². The normalized spacial score (nSPS) is 16.1. The topological polar surface area (TPSA) is 43.1 Å². The molecule has 0 aliphatic heterocycles. The van der Waals surface area contributed by atoms with Crippen LogP contribution in [-0.2, 0) is 4.79 Å². The smallest absolute Gasteiger partial charge is 0.230 e. The minimum Gasteiger partial charge on any atom is -0.301 e. The lowest BCUT2D eigenvalue weighted by Gasteiger charge is -2.46. The maximum atomic E-state index is 11.7. The first-order chi connectivity index (χ1) is 6.41. The van der Waals surface area contributed by atoms with Gasteiger partial charge in [0.2, 0.25) is 11.4 Å². The molecule has 0 rings (SSSR count). The highest BCUT2D eigenvalue weighted by Crippen LogP contribution is 2.21. The van der Waals surface area contributed by atoms with Gasteiger partial charge >= 0.3 is 0 Å². The quantitative estimate of drug-likeness (QED) is 0.398. The Morgan fingerprint density at radius 3 is 1.93 bits per heavy atom. The average Bonchev–Trinajstić information content (AvgIpc) is 2.19. The number of carbonyl (C=O) groups is 1. The zero-order valence-corrected chi connectivity index (χ0v) is 9.84. The molecule has 0 amide bonds. The molecule has 0 bridgehead atoms. The fraction of sp³-hybridized carbons (Fsp3) is 0.727. The second kappa shape index (κ2) is 4.71. The lowest BCUT2D eigenvalue weighted by Crippen LogP contribution is -2.71. The first-order valence-electron chi connectivity index (χ1n) is 5.23. The van der Waals surface area contributed by atoms with E-state index in [1.807, 2.05) is 0 Å². The molecule has 3 nitrogen and oxygen atoms in total. The zero-order chi connectivity index (χ0) is 11.4. The average molecular weight is 199 g/mol. The van der Waals surface area contributed by atoms with E-state index in [0.29, 0.717) is 4.48 Å². The molecule has 82 valence electrons. The van der Waals surface area contributed by atoms with Gasteiger partial charge in [-0.15, -0.1) is 0 Å². The summed E-state index contributed by atoms with van der Waals surface area (Å²) in [7, 11) is 0. The molecule has 0 aliphatic rings. The van der Waals surface area contributed by atoms with Crippen LogP contribution in [0.2, 0.25) is 0 Å². The van der Waals surface area contributed by atoms with Crippen LogP contribution in [0.1, 0.15) is 27.7 Å². The van der Waals surface area contributed by atoms with Gasteiger partial charge in [-0.25, -0.2) is 0 Å². The highest BCUT2D eigenvalue weighted by atomic mass is 16.1. The van der Waals surface area contributed by atoms with Crippen LogP contribution in [0.15, 0.2) is 12.7 Å². The predicted molar refractivity (Wildman–Crippen MR) is 59.7 cm³/mol. The van der Waals surface area contributed by atoms with E-state index in [2.05, 4.69) is 27.4 Å². The van der Waals surface area contributed by atoms with Gasteiger partial charge in [0.25, 0.3) is 0 Å². The summed E-state index contributed by atoms with van der Waals surface area (Å²) in [5, 5.41) is 0. The van der Waals surface area contributed by atoms with Gasteiger partial charge in [0.1, 0.15) is 0 Å². The summed E-state index contributed by atoms with van der Waals surface area (Å²) < 4.78 is 0.609. The summed E-state index contributed by atoms with van der Waals surface area (Å²) in [4.78, 5) is 11.7. The molecule has 3 heteroatoms. The van der Waals surface area contributed by atoms with E-state index < -0.39 is 5.66 Å². The Labute approximate surface area is 87.2 Å². The highest BCUT2D eigenvalue weighted by Gasteiger charge is 2.45. The van der Waals surface area contributed by atoms with Gasteiger partial charge in [-0.05, 0) is 26.8 Å². The number of rotatable bonds is 6. The number of nitrogens with zero attached hydrogens (tertiary/aromatic N) is 1. The Bertz CT molecular complexity index is 209. The third-order valence-electron chi connectivity index (χ3n) is 3.49. The van der Waals surface area contributed by atoms with E-state index in [1.54, 1.807) is 6.92 Å². The van der Waals surface area contributed by atoms with Crippen molar-refractivity contribution < 1.29 is 9.28 Å². The third-order valence-corrected chi connectivity index (χ3v) is 3.49. The maximum Gasteiger partial charge on any atom is 0.230 e. The summed E-state index contributed by atoms with van der Waals surface area (Å²) in [6.45, 7) is 14.1. The van der Waals surface area contributed by atoms with Gasteiger partial charge in [-0.3, -0.25) is 10.5 Å². The molecule has 0 spiro atoms. The molecule has 0 heterocycles. The molecule has 0 radical (unpaired) electrons. The molecule has 0 aliphatic carbocycles. The predicted octanol–water partition coefficient (Wildman–Crippen LogP) is 1.29. The molecule has 0 aromatic heterocycles. The van der Waals surface area contributed by atoms with Crippen LogP contribution < -0.4 is 5.73 Å². The van der Waals surface area contributed by atoms with Crippen LogP contribution in [0.5, 0.6) is 0 Å². The minimum atomic E-state index is -0.847. The molecule has 0 fully saturated rings. The first kappa shape index (κ1) is 13.3. The second-order valence-electron chi connectivity index (χ2n) is 3.81. The summed E-state index contributed by atoms with van der Waals surface area (Å²) in [6.07, 6.45) is 1.33. The molecule has 1 unspecified atom stereocenters. The summed E-state index contributed by atoms with van der Waals surface area (Å²) in [5.74, 6) is -0.0805. The number of nitrogens with two attached hydrogens (primary N) is 1. The van der Waals surface area contributed by atoms with Crippen LogP contribution in [0.4, 0.5) is 0 Å². The number of hydrogen-bond donors (Lipinski definition) is 1. The molecule has 0 saturated carbocycles. The molecule has 14 heavy (non-hydrogen) atoms. The van der Waals surface area contributed by atoms with Gasteiger partial charge < -0.3 is 4.48 Å². The van der Waals surface area contributed by atoms with E-state index in [4.69, 9.17) is 5.73 Å². The summed E-state index contributed by atoms with van der Waals surface area (Å²) in [5.41, 5.74) is 5.29. The van der Waals surface area contributed by atoms with Crippen molar-refractivity contribution in [3.63, 3.8) is 0 Å². The Balaban J connectivity index is 5.17. The van der Waals surface area contributed by atoms with Gasteiger partial charge in [0.05, 0.1) is 19.6 Å². The largest absolute Gasteiger partial charge is 0.301 e. The van der Waals surface area contributed by atoms with E-state index in [0.717, 1.165) is 19.6 Å². The maximum absolute atomic E-state index is 11.7. The fourth-order valence-electron chi connectivity index (χ4n) is 2.10. The number of hydrogen-bond acceptors (Lipinski definition) is 2. The van der Waals surface area contributed by atoms with Crippen LogP contribution in [-0.4, -0.2) is 35.6 Å². The number of likely N-dealkylation sites (N-methyl/N-ethyl adjacent to an activating group) is 1. The van der Waals surface area contributed by atoms with Crippen LogP contribution >= 0.6 is 0 Å². The Morgan fingerprint density at radius 1 is 1.36 bits per heavy atom. The Kier molecular flexibility index (Phi) is 4.49. The van der Waals surface area contributed by atoms with Crippen molar-refractivity contribution in [2.75, 3.05) is 19.6 Å². The van der Waals surface area contributed by atoms with Crippen molar-refractivity contribution in [1.82, 2.24) is 0 Å². The SMILES string of the molecule is C=CC(=O)C(C)(N)[N+](CC)(CC)CC.